The number of amides is 1. The SMILES string of the molecule is CC(C)(O)c1cc2nn([C@H]3CC[C@H](C=O)CC3)cc2cc1NC(=O)c1cccc(C2CC2)n1. The summed E-state index contributed by atoms with van der Waals surface area (Å²) in [5.74, 6) is 0.331. The Morgan fingerprint density at radius 2 is 1.91 bits per heavy atom. The van der Waals surface area contributed by atoms with Gasteiger partial charge in [-0.1, -0.05) is 6.07 Å². The van der Waals surface area contributed by atoms with Gasteiger partial charge in [0.1, 0.15) is 12.0 Å². The molecule has 0 atom stereocenters. The molecule has 0 unspecified atom stereocenters. The van der Waals surface area contributed by atoms with Crippen LogP contribution < -0.4 is 5.32 Å². The number of hydrogen-bond acceptors (Lipinski definition) is 5. The molecule has 2 fully saturated rings. The summed E-state index contributed by atoms with van der Waals surface area (Å²) in [5, 5.41) is 19.5. The van der Waals surface area contributed by atoms with Crippen LogP contribution in [0, 0.1) is 5.92 Å². The third-order valence-corrected chi connectivity index (χ3v) is 6.88. The van der Waals surface area contributed by atoms with Crippen molar-refractivity contribution in [1.82, 2.24) is 14.8 Å². The summed E-state index contributed by atoms with van der Waals surface area (Å²) in [6.07, 6.45) is 8.91. The molecule has 7 heteroatoms. The molecular formula is C26H30N4O3. The zero-order valence-corrected chi connectivity index (χ0v) is 19.1. The van der Waals surface area contributed by atoms with Gasteiger partial charge in [0.05, 0.1) is 17.2 Å². The van der Waals surface area contributed by atoms with E-state index in [0.717, 1.165) is 61.4 Å². The fourth-order valence-electron chi connectivity index (χ4n) is 4.76. The van der Waals surface area contributed by atoms with E-state index in [1.165, 1.54) is 0 Å². The molecule has 2 aliphatic carbocycles. The second kappa shape index (κ2) is 8.37. The van der Waals surface area contributed by atoms with Crippen molar-refractivity contribution in [3.8, 4) is 0 Å². The van der Waals surface area contributed by atoms with Crippen LogP contribution in [0.15, 0.2) is 36.5 Å². The molecule has 0 saturated heterocycles. The van der Waals surface area contributed by atoms with Crippen molar-refractivity contribution in [1.29, 1.82) is 0 Å². The summed E-state index contributed by atoms with van der Waals surface area (Å²) in [4.78, 5) is 28.7. The standard InChI is InChI=1S/C26H30N4O3/c1-26(2,33)20-13-23-18(14-30(29-23)19-10-6-16(15-31)7-11-19)12-24(20)28-25(32)22-5-3-4-21(27-22)17-8-9-17/h3-5,12-17,19,33H,6-11H2,1-2H3,(H,28,32)/t16-,19-. The Kier molecular flexibility index (Phi) is 5.52. The molecule has 0 bridgehead atoms. The highest BCUT2D eigenvalue weighted by Gasteiger charge is 2.27. The van der Waals surface area contributed by atoms with E-state index in [2.05, 4.69) is 10.3 Å². The minimum atomic E-state index is -1.16. The highest BCUT2D eigenvalue weighted by molar-refractivity contribution is 6.04. The minimum absolute atomic E-state index is 0.155. The lowest BCUT2D eigenvalue weighted by Gasteiger charge is -2.25. The summed E-state index contributed by atoms with van der Waals surface area (Å²) in [7, 11) is 0. The number of nitrogens with one attached hydrogen (secondary N) is 1. The largest absolute Gasteiger partial charge is 0.386 e. The van der Waals surface area contributed by atoms with Crippen LogP contribution in [0.3, 0.4) is 0 Å². The van der Waals surface area contributed by atoms with Gasteiger partial charge in [-0.2, -0.15) is 5.10 Å². The van der Waals surface area contributed by atoms with E-state index in [-0.39, 0.29) is 17.9 Å². The van der Waals surface area contributed by atoms with Crippen molar-refractivity contribution >= 4 is 28.8 Å². The second-order valence-electron chi connectivity index (χ2n) is 10.0. The number of rotatable bonds is 6. The van der Waals surface area contributed by atoms with Gasteiger partial charge in [-0.3, -0.25) is 9.48 Å². The molecule has 33 heavy (non-hydrogen) atoms. The maximum Gasteiger partial charge on any atom is 0.274 e. The molecule has 2 saturated carbocycles. The Labute approximate surface area is 193 Å². The van der Waals surface area contributed by atoms with Gasteiger partial charge < -0.3 is 15.2 Å². The van der Waals surface area contributed by atoms with E-state index in [9.17, 15) is 14.7 Å². The molecule has 0 radical (unpaired) electrons. The number of benzene rings is 1. The number of nitrogens with zero attached hydrogens (tertiary/aromatic N) is 3. The zero-order chi connectivity index (χ0) is 23.2. The molecule has 7 nitrogen and oxygen atoms in total. The first-order chi connectivity index (χ1) is 15.8. The third kappa shape index (κ3) is 4.55. The molecule has 2 N–H and O–H groups in total. The summed E-state index contributed by atoms with van der Waals surface area (Å²) < 4.78 is 1.98. The number of aromatic nitrogens is 3. The van der Waals surface area contributed by atoms with Crippen LogP contribution in [-0.2, 0) is 10.4 Å². The van der Waals surface area contributed by atoms with Crippen LogP contribution in [0.5, 0.6) is 0 Å². The molecule has 1 amide bonds. The number of hydrogen-bond donors (Lipinski definition) is 2. The number of carbonyl (C=O) groups excluding carboxylic acids is 2. The van der Waals surface area contributed by atoms with Crippen LogP contribution >= 0.6 is 0 Å². The Morgan fingerprint density at radius 1 is 1.15 bits per heavy atom. The fourth-order valence-corrected chi connectivity index (χ4v) is 4.76. The van der Waals surface area contributed by atoms with E-state index in [4.69, 9.17) is 5.10 Å². The van der Waals surface area contributed by atoms with Crippen LogP contribution in [-0.4, -0.2) is 32.1 Å². The Morgan fingerprint density at radius 3 is 2.58 bits per heavy atom. The van der Waals surface area contributed by atoms with Gasteiger partial charge >= 0.3 is 0 Å². The number of aldehydes is 1. The first kappa shape index (κ1) is 21.8. The predicted molar refractivity (Wildman–Crippen MR) is 126 cm³/mol. The van der Waals surface area contributed by atoms with Crippen molar-refractivity contribution in [3.63, 3.8) is 0 Å². The number of carbonyl (C=O) groups is 2. The second-order valence-corrected chi connectivity index (χ2v) is 10.0. The van der Waals surface area contributed by atoms with Crippen molar-refractivity contribution in [2.75, 3.05) is 5.32 Å². The molecular weight excluding hydrogens is 416 g/mol. The highest BCUT2D eigenvalue weighted by atomic mass is 16.3. The first-order valence-corrected chi connectivity index (χ1v) is 11.8. The summed E-state index contributed by atoms with van der Waals surface area (Å²) in [5.41, 5.74) is 2.12. The molecule has 3 aromatic rings. The Bertz CT molecular complexity index is 1200. The molecule has 1 aromatic carbocycles. The normalized spacial score (nSPS) is 21.2. The van der Waals surface area contributed by atoms with Crippen molar-refractivity contribution in [2.24, 2.45) is 5.92 Å². The first-order valence-electron chi connectivity index (χ1n) is 11.8. The van der Waals surface area contributed by atoms with E-state index >= 15 is 0 Å². The van der Waals surface area contributed by atoms with Gasteiger partial charge in [0.2, 0.25) is 0 Å². The maximum atomic E-state index is 13.0. The van der Waals surface area contributed by atoms with E-state index in [1.54, 1.807) is 19.9 Å². The van der Waals surface area contributed by atoms with E-state index in [1.807, 2.05) is 35.1 Å². The summed E-state index contributed by atoms with van der Waals surface area (Å²) in [6, 6.07) is 9.56. The molecule has 172 valence electrons. The molecule has 0 aliphatic heterocycles. The number of pyridine rings is 1. The minimum Gasteiger partial charge on any atom is -0.386 e. The smallest absolute Gasteiger partial charge is 0.274 e. The van der Waals surface area contributed by atoms with Gasteiger partial charge in [-0.15, -0.1) is 0 Å². The highest BCUT2D eigenvalue weighted by Crippen LogP contribution is 2.39. The van der Waals surface area contributed by atoms with Crippen molar-refractivity contribution in [2.45, 2.75) is 69.9 Å². The Hall–Kier alpha value is -3.06. The van der Waals surface area contributed by atoms with Crippen LogP contribution in [0.4, 0.5) is 5.69 Å². The third-order valence-electron chi connectivity index (χ3n) is 6.88. The molecule has 2 aliphatic rings. The number of aliphatic hydroxyl groups is 1. The van der Waals surface area contributed by atoms with Crippen LogP contribution in [0.1, 0.15) is 86.1 Å². The monoisotopic (exact) mass is 446 g/mol. The lowest BCUT2D eigenvalue weighted by atomic mass is 9.87. The van der Waals surface area contributed by atoms with Crippen LogP contribution in [0.25, 0.3) is 10.9 Å². The number of fused-ring (bicyclic) bond motifs is 1. The molecule has 0 spiro atoms. The predicted octanol–water partition coefficient (Wildman–Crippen LogP) is 4.72. The summed E-state index contributed by atoms with van der Waals surface area (Å²) >= 11 is 0. The van der Waals surface area contributed by atoms with Crippen molar-refractivity contribution in [3.05, 3.63) is 53.5 Å². The van der Waals surface area contributed by atoms with Gasteiger partial charge in [-0.25, -0.2) is 4.98 Å². The topological polar surface area (TPSA) is 97.1 Å². The fraction of sp³-hybridized carbons (Fsp3) is 0.462. The summed E-state index contributed by atoms with van der Waals surface area (Å²) in [6.45, 7) is 3.40. The zero-order valence-electron chi connectivity index (χ0n) is 19.1. The lowest BCUT2D eigenvalue weighted by Crippen LogP contribution is -2.21. The molecule has 2 aromatic heterocycles. The molecule has 2 heterocycles. The quantitative estimate of drug-likeness (QED) is 0.534. The average Bonchev–Trinajstić information content (AvgIpc) is 3.57. The van der Waals surface area contributed by atoms with Gasteiger partial charge in [0.25, 0.3) is 5.91 Å². The van der Waals surface area contributed by atoms with Crippen LogP contribution in [0.2, 0.25) is 0 Å². The average molecular weight is 447 g/mol. The van der Waals surface area contributed by atoms with Gasteiger partial charge in [0, 0.05) is 40.4 Å². The van der Waals surface area contributed by atoms with Crippen molar-refractivity contribution < 1.29 is 14.7 Å². The lowest BCUT2D eigenvalue weighted by molar-refractivity contribution is -0.112. The van der Waals surface area contributed by atoms with Gasteiger partial charge in [-0.05, 0) is 76.6 Å². The maximum absolute atomic E-state index is 13.0. The van der Waals surface area contributed by atoms with E-state index < -0.39 is 5.60 Å². The molecule has 5 rings (SSSR count). The van der Waals surface area contributed by atoms with Gasteiger partial charge in [0.15, 0.2) is 0 Å². The Balaban J connectivity index is 1.45. The number of anilines is 1. The van der Waals surface area contributed by atoms with E-state index in [0.29, 0.717) is 22.9 Å².